The van der Waals surface area contributed by atoms with Crippen molar-refractivity contribution in [2.24, 2.45) is 0 Å². The molecule has 0 radical (unpaired) electrons. The van der Waals surface area contributed by atoms with Gasteiger partial charge in [0.15, 0.2) is 16.3 Å². The molecule has 0 aliphatic heterocycles. The van der Waals surface area contributed by atoms with E-state index in [1.165, 1.54) is 28.1 Å². The molecule has 0 spiro atoms. The molecule has 422 valence electrons. The third kappa shape index (κ3) is 25.2. The highest BCUT2D eigenvalue weighted by molar-refractivity contribution is 8.14. The van der Waals surface area contributed by atoms with E-state index < -0.39 is 23.3 Å². The van der Waals surface area contributed by atoms with Crippen LogP contribution in [0.2, 0.25) is 0 Å². The predicted molar refractivity (Wildman–Crippen MR) is 313 cm³/mol. The fraction of sp³-hybridized carbons (Fsp3) is 0.323. The van der Waals surface area contributed by atoms with Gasteiger partial charge in [-0.15, -0.1) is 12.6 Å². The van der Waals surface area contributed by atoms with Crippen LogP contribution in [0.15, 0.2) is 146 Å². The van der Waals surface area contributed by atoms with Crippen molar-refractivity contribution in [2.75, 3.05) is 41.5 Å². The van der Waals surface area contributed by atoms with Crippen LogP contribution in [-0.4, -0.2) is 92.0 Å². The monoisotopic (exact) mass is 1120 g/mol. The number of methoxy groups -OCH3 is 2. The van der Waals surface area contributed by atoms with Crippen molar-refractivity contribution in [2.45, 2.75) is 90.8 Å². The lowest BCUT2D eigenvalue weighted by Gasteiger charge is -2.16. The first kappa shape index (κ1) is 65.7. The van der Waals surface area contributed by atoms with Crippen LogP contribution in [0.4, 0.5) is 0 Å². The van der Waals surface area contributed by atoms with Gasteiger partial charge in [0.1, 0.15) is 41.5 Å². The minimum atomic E-state index is -1.27. The maximum Gasteiger partial charge on any atom is 0.335 e. The predicted octanol–water partition coefficient (Wildman–Crippen LogP) is 10.6. The quantitative estimate of drug-likeness (QED) is 0.0240. The van der Waals surface area contributed by atoms with Crippen molar-refractivity contribution in [1.82, 2.24) is 10.6 Å². The lowest BCUT2D eigenvalue weighted by Crippen LogP contribution is -2.25. The first-order valence-corrected chi connectivity index (χ1v) is 27.1. The SMILES string of the molecule is CC.CC(=O)S.CNC(=O)CCCOc1ccc(COC(=O)C(Cc2ccc(-c3ccccc3)cc2)SC(C)=O)c(OC)c1.CNC(=O)CCCOc1ccc(COC(=O)C(O)Cc2ccc(-c3ccccc3)cc2)c(OC)c1. The molecular weight excluding hydrogens is 1040 g/mol. The number of hydrogen-bond donors (Lipinski definition) is 4. The van der Waals surface area contributed by atoms with Crippen molar-refractivity contribution in [3.8, 4) is 45.3 Å². The molecule has 0 saturated heterocycles. The second kappa shape index (κ2) is 37.3. The van der Waals surface area contributed by atoms with Crippen molar-refractivity contribution in [1.29, 1.82) is 0 Å². The summed E-state index contributed by atoms with van der Waals surface area (Å²) in [5.41, 5.74) is 7.47. The Kier molecular flexibility index (Phi) is 31.0. The van der Waals surface area contributed by atoms with Gasteiger partial charge in [-0.2, -0.15) is 0 Å². The Morgan fingerprint density at radius 2 is 0.924 bits per heavy atom. The van der Waals surface area contributed by atoms with Gasteiger partial charge in [-0.05, 0) is 76.9 Å². The van der Waals surface area contributed by atoms with E-state index in [0.717, 1.165) is 45.1 Å². The van der Waals surface area contributed by atoms with Crippen molar-refractivity contribution in [3.05, 3.63) is 168 Å². The van der Waals surface area contributed by atoms with E-state index in [0.29, 0.717) is 79.4 Å². The number of aliphatic hydroxyl groups is 1. The molecule has 17 heteroatoms. The van der Waals surface area contributed by atoms with Crippen molar-refractivity contribution >= 4 is 58.4 Å². The van der Waals surface area contributed by atoms with Crippen LogP contribution < -0.4 is 29.6 Å². The molecule has 0 heterocycles. The Morgan fingerprint density at radius 3 is 1.30 bits per heavy atom. The highest BCUT2D eigenvalue weighted by Gasteiger charge is 2.24. The molecule has 6 rings (SSSR count). The molecule has 2 atom stereocenters. The first-order chi connectivity index (χ1) is 38.1. The zero-order chi connectivity index (χ0) is 58.0. The minimum Gasteiger partial charge on any atom is -0.496 e. The van der Waals surface area contributed by atoms with Crippen LogP contribution in [0.25, 0.3) is 22.3 Å². The van der Waals surface area contributed by atoms with Crippen molar-refractivity contribution in [3.63, 3.8) is 0 Å². The van der Waals surface area contributed by atoms with E-state index >= 15 is 0 Å². The number of aliphatic hydroxyl groups excluding tert-OH is 1. The van der Waals surface area contributed by atoms with E-state index in [1.807, 2.05) is 123 Å². The second-order valence-electron chi connectivity index (χ2n) is 17.1. The number of benzene rings is 6. The molecule has 0 bridgehead atoms. The summed E-state index contributed by atoms with van der Waals surface area (Å²) in [6, 6.07) is 46.2. The third-order valence-electron chi connectivity index (χ3n) is 11.3. The molecule has 0 aliphatic carbocycles. The van der Waals surface area contributed by atoms with Gasteiger partial charge in [0.25, 0.3) is 0 Å². The molecule has 15 nitrogen and oxygen atoms in total. The van der Waals surface area contributed by atoms with E-state index in [9.17, 15) is 33.9 Å². The van der Waals surface area contributed by atoms with Gasteiger partial charge < -0.3 is 44.2 Å². The molecule has 3 N–H and O–H groups in total. The van der Waals surface area contributed by atoms with Gasteiger partial charge in [0.05, 0.1) is 27.4 Å². The van der Waals surface area contributed by atoms with Crippen LogP contribution in [0.1, 0.15) is 75.6 Å². The van der Waals surface area contributed by atoms with E-state index in [-0.39, 0.29) is 41.7 Å². The zero-order valence-corrected chi connectivity index (χ0v) is 48.0. The van der Waals surface area contributed by atoms with E-state index in [1.54, 1.807) is 50.5 Å². The van der Waals surface area contributed by atoms with Gasteiger partial charge in [-0.3, -0.25) is 24.0 Å². The number of nitrogens with one attached hydrogen (secondary N) is 2. The molecule has 2 unspecified atom stereocenters. The number of thioether (sulfide) groups is 1. The fourth-order valence-electron chi connectivity index (χ4n) is 7.27. The largest absolute Gasteiger partial charge is 0.496 e. The number of esters is 2. The summed E-state index contributed by atoms with van der Waals surface area (Å²) in [7, 11) is 6.25. The second-order valence-corrected chi connectivity index (χ2v) is 19.1. The molecule has 0 aromatic heterocycles. The Balaban J connectivity index is 0.000000379. The number of carbonyl (C=O) groups excluding carboxylic acids is 6. The molecule has 79 heavy (non-hydrogen) atoms. The van der Waals surface area contributed by atoms with Crippen molar-refractivity contribution < 1.29 is 62.3 Å². The Labute approximate surface area is 474 Å². The molecule has 0 fully saturated rings. The average Bonchev–Trinajstić information content (AvgIpc) is 3.47. The smallest absolute Gasteiger partial charge is 0.335 e. The highest BCUT2D eigenvalue weighted by Crippen LogP contribution is 2.29. The van der Waals surface area contributed by atoms with Gasteiger partial charge in [0, 0.05) is 70.5 Å². The van der Waals surface area contributed by atoms with Crippen LogP contribution in [0.5, 0.6) is 23.0 Å². The molecular formula is C62H74N2O13S2. The number of thiol groups is 1. The summed E-state index contributed by atoms with van der Waals surface area (Å²) in [6.07, 6.45) is 1.22. The maximum absolute atomic E-state index is 13.0. The van der Waals surface area contributed by atoms with E-state index in [2.05, 4.69) is 23.3 Å². The Bertz CT molecular complexity index is 2790. The van der Waals surface area contributed by atoms with Crippen LogP contribution in [0.3, 0.4) is 0 Å². The van der Waals surface area contributed by atoms with Gasteiger partial charge in [0.2, 0.25) is 11.8 Å². The average molecular weight is 1120 g/mol. The third-order valence-corrected chi connectivity index (χ3v) is 12.2. The van der Waals surface area contributed by atoms with Gasteiger partial charge in [-0.25, -0.2) is 4.79 Å². The normalized spacial score (nSPS) is 10.9. The Hall–Kier alpha value is -7.60. The lowest BCUT2D eigenvalue weighted by molar-refractivity contribution is -0.154. The Morgan fingerprint density at radius 1 is 0.544 bits per heavy atom. The van der Waals surface area contributed by atoms with E-state index in [4.69, 9.17) is 28.4 Å². The highest BCUT2D eigenvalue weighted by atomic mass is 32.2. The maximum atomic E-state index is 13.0. The summed E-state index contributed by atoms with van der Waals surface area (Å²) in [4.78, 5) is 69.1. The molecule has 0 aliphatic rings. The summed E-state index contributed by atoms with van der Waals surface area (Å²) in [5, 5.41) is 14.5. The molecule has 2 amide bonds. The van der Waals surface area contributed by atoms with Crippen LogP contribution in [-0.2, 0) is 64.3 Å². The first-order valence-electron chi connectivity index (χ1n) is 25.8. The topological polar surface area (TPSA) is 202 Å². The lowest BCUT2D eigenvalue weighted by atomic mass is 10.0. The molecule has 6 aromatic carbocycles. The minimum absolute atomic E-state index is 0.000861. The summed E-state index contributed by atoms with van der Waals surface area (Å²) < 4.78 is 33.1. The number of carbonyl (C=O) groups is 6. The number of amides is 2. The summed E-state index contributed by atoms with van der Waals surface area (Å²) >= 11 is 4.30. The zero-order valence-electron chi connectivity index (χ0n) is 46.3. The van der Waals surface area contributed by atoms with Crippen LogP contribution in [0, 0.1) is 0 Å². The summed E-state index contributed by atoms with van der Waals surface area (Å²) in [5.74, 6) is 0.984. The van der Waals surface area contributed by atoms with Gasteiger partial charge >= 0.3 is 11.9 Å². The standard InChI is InChI=1S/C30H33NO6S.C28H31NO6.C2H4OS.C2H6/c1-21(32)38-28(18-22-11-13-24(14-12-22)23-8-5-4-6-9-23)30(34)37-20-25-15-16-26(19-27(25)35-3)36-17-7-10-29(33)31-2;1-29-27(31)9-6-16-34-24-15-14-23(26(18-24)33-2)19-35-28(32)25(30)17-20-10-12-22(13-11-20)21-7-4-3-5-8-21;1-2(3)4;1-2/h4-6,8-9,11-16,19,28H,7,10,17-18,20H2,1-3H3,(H,31,33);3-5,7-8,10-15,18,25,30H,6,9,16-17,19H2,1-2H3,(H,29,31);1H3,(H,3,4);1-2H3. The van der Waals surface area contributed by atoms with Gasteiger partial charge in [-0.1, -0.05) is 135 Å². The molecule has 6 aromatic rings. The fourth-order valence-corrected chi connectivity index (χ4v) is 8.11. The van der Waals surface area contributed by atoms with Crippen LogP contribution >= 0.6 is 24.4 Å². The number of hydrogen-bond acceptors (Lipinski definition) is 14. The molecule has 0 saturated carbocycles. The number of rotatable bonds is 25. The summed E-state index contributed by atoms with van der Waals surface area (Å²) in [6.45, 7) is 7.58. The number of ether oxygens (including phenoxy) is 6.